The van der Waals surface area contributed by atoms with Crippen molar-refractivity contribution in [2.24, 2.45) is 0 Å². The highest BCUT2D eigenvalue weighted by Crippen LogP contribution is 2.24. The van der Waals surface area contributed by atoms with Gasteiger partial charge in [-0.05, 0) is 19.4 Å². The monoisotopic (exact) mass is 237 g/mol. The number of nitrogens with zero attached hydrogens (tertiary/aromatic N) is 1. The molecule has 0 N–H and O–H groups in total. The van der Waals surface area contributed by atoms with Gasteiger partial charge in [0.2, 0.25) is 0 Å². The number of benzene rings is 1. The Hall–Kier alpha value is -1.91. The number of rotatable bonds is 6. The van der Waals surface area contributed by atoms with Crippen LogP contribution in [0.5, 0.6) is 5.75 Å². The first kappa shape index (κ1) is 13.2. The highest BCUT2D eigenvalue weighted by molar-refractivity contribution is 5.97. The van der Waals surface area contributed by atoms with Crippen molar-refractivity contribution in [3.63, 3.8) is 0 Å². The lowest BCUT2D eigenvalue weighted by atomic mass is 10.1. The van der Waals surface area contributed by atoms with Crippen molar-refractivity contribution in [1.29, 1.82) is 0 Å². The molecule has 0 radical (unpaired) electrons. The maximum Gasteiger partial charge on any atom is 0.270 e. The maximum absolute atomic E-state index is 11.4. The summed E-state index contributed by atoms with van der Waals surface area (Å²) >= 11 is 0. The Morgan fingerprint density at radius 1 is 1.47 bits per heavy atom. The van der Waals surface area contributed by atoms with E-state index in [4.69, 9.17) is 4.74 Å². The van der Waals surface area contributed by atoms with Gasteiger partial charge in [-0.25, -0.2) is 0 Å². The summed E-state index contributed by atoms with van der Waals surface area (Å²) in [6.07, 6.45) is 1.87. The molecule has 5 heteroatoms. The molecule has 1 rings (SSSR count). The smallest absolute Gasteiger partial charge is 0.270 e. The summed E-state index contributed by atoms with van der Waals surface area (Å²) in [7, 11) is 0. The van der Waals surface area contributed by atoms with E-state index in [1.807, 2.05) is 6.92 Å². The molecule has 0 aliphatic rings. The van der Waals surface area contributed by atoms with Gasteiger partial charge in [0.15, 0.2) is 5.78 Å². The van der Waals surface area contributed by atoms with Crippen LogP contribution in [0, 0.1) is 10.1 Å². The van der Waals surface area contributed by atoms with Crippen LogP contribution in [-0.4, -0.2) is 17.3 Å². The van der Waals surface area contributed by atoms with Gasteiger partial charge in [-0.15, -0.1) is 0 Å². The Morgan fingerprint density at radius 3 is 2.71 bits per heavy atom. The summed E-state index contributed by atoms with van der Waals surface area (Å²) in [4.78, 5) is 21.4. The molecule has 0 atom stereocenters. The van der Waals surface area contributed by atoms with Crippen molar-refractivity contribution >= 4 is 11.5 Å². The van der Waals surface area contributed by atoms with Gasteiger partial charge < -0.3 is 4.74 Å². The number of carbonyl (C=O) groups excluding carboxylic acids is 1. The topological polar surface area (TPSA) is 69.4 Å². The van der Waals surface area contributed by atoms with E-state index in [9.17, 15) is 14.9 Å². The van der Waals surface area contributed by atoms with Crippen LogP contribution in [0.1, 0.15) is 37.0 Å². The van der Waals surface area contributed by atoms with Gasteiger partial charge in [0.05, 0.1) is 17.1 Å². The van der Waals surface area contributed by atoms with Crippen molar-refractivity contribution < 1.29 is 14.5 Å². The normalized spacial score (nSPS) is 10.0. The molecule has 0 saturated carbocycles. The molecule has 17 heavy (non-hydrogen) atoms. The van der Waals surface area contributed by atoms with E-state index in [1.165, 1.54) is 25.1 Å². The number of carbonyl (C=O) groups is 1. The number of unbranched alkanes of at least 4 members (excludes halogenated alkanes) is 1. The first-order chi connectivity index (χ1) is 8.06. The number of Topliss-reactive ketones (excluding diaryl/α,β-unsaturated/α-hetero) is 1. The summed E-state index contributed by atoms with van der Waals surface area (Å²) in [6, 6.07) is 4.07. The SMILES string of the molecule is CCCCOc1ccc([N+](=O)[O-])cc1C(C)=O. The molecule has 0 spiro atoms. The summed E-state index contributed by atoms with van der Waals surface area (Å²) in [5, 5.41) is 10.6. The van der Waals surface area contributed by atoms with Crippen LogP contribution < -0.4 is 4.74 Å². The third-order valence-electron chi connectivity index (χ3n) is 2.31. The molecule has 0 aliphatic heterocycles. The minimum absolute atomic E-state index is 0.0990. The minimum Gasteiger partial charge on any atom is -0.493 e. The Bertz CT molecular complexity index is 429. The van der Waals surface area contributed by atoms with Crippen molar-refractivity contribution in [3.05, 3.63) is 33.9 Å². The molecule has 92 valence electrons. The zero-order chi connectivity index (χ0) is 12.8. The average molecular weight is 237 g/mol. The molecule has 0 unspecified atom stereocenters. The highest BCUT2D eigenvalue weighted by Gasteiger charge is 2.14. The van der Waals surface area contributed by atoms with E-state index in [-0.39, 0.29) is 17.0 Å². The van der Waals surface area contributed by atoms with Gasteiger partial charge in [0, 0.05) is 12.1 Å². The van der Waals surface area contributed by atoms with Crippen LogP contribution >= 0.6 is 0 Å². The lowest BCUT2D eigenvalue weighted by molar-refractivity contribution is -0.384. The molecule has 5 nitrogen and oxygen atoms in total. The molecule has 1 aromatic rings. The number of ether oxygens (including phenoxy) is 1. The van der Waals surface area contributed by atoms with Gasteiger partial charge in [0.25, 0.3) is 5.69 Å². The molecule has 0 saturated heterocycles. The van der Waals surface area contributed by atoms with Crippen molar-refractivity contribution in [2.75, 3.05) is 6.61 Å². The third-order valence-corrected chi connectivity index (χ3v) is 2.31. The van der Waals surface area contributed by atoms with Crippen LogP contribution in [-0.2, 0) is 0 Å². The second-order valence-corrected chi connectivity index (χ2v) is 3.70. The molecular formula is C12H15NO4. The average Bonchev–Trinajstić information content (AvgIpc) is 2.29. The van der Waals surface area contributed by atoms with Crippen molar-refractivity contribution in [3.8, 4) is 5.75 Å². The number of hydrogen-bond acceptors (Lipinski definition) is 4. The lowest BCUT2D eigenvalue weighted by Gasteiger charge is -2.08. The zero-order valence-corrected chi connectivity index (χ0v) is 9.93. The number of ketones is 1. The largest absolute Gasteiger partial charge is 0.493 e. The Morgan fingerprint density at radius 2 is 2.18 bits per heavy atom. The van der Waals surface area contributed by atoms with Gasteiger partial charge in [-0.1, -0.05) is 13.3 Å². The predicted octanol–water partition coefficient (Wildman–Crippen LogP) is 2.98. The molecule has 0 aromatic heterocycles. The summed E-state index contributed by atoms with van der Waals surface area (Å²) in [5.74, 6) is 0.178. The van der Waals surface area contributed by atoms with Crippen molar-refractivity contribution in [2.45, 2.75) is 26.7 Å². The minimum atomic E-state index is -0.526. The summed E-state index contributed by atoms with van der Waals surface area (Å²) < 4.78 is 5.43. The number of hydrogen-bond donors (Lipinski definition) is 0. The van der Waals surface area contributed by atoms with E-state index >= 15 is 0 Å². The van der Waals surface area contributed by atoms with Crippen LogP contribution in [0.25, 0.3) is 0 Å². The number of non-ortho nitro benzene ring substituents is 1. The van der Waals surface area contributed by atoms with Gasteiger partial charge in [0.1, 0.15) is 5.75 Å². The molecule has 0 bridgehead atoms. The Balaban J connectivity index is 2.96. The quantitative estimate of drug-likeness (QED) is 0.330. The summed E-state index contributed by atoms with van der Waals surface area (Å²) in [5.41, 5.74) is 0.161. The van der Waals surface area contributed by atoms with E-state index in [2.05, 4.69) is 0 Å². The van der Waals surface area contributed by atoms with Gasteiger partial charge in [-0.2, -0.15) is 0 Å². The van der Waals surface area contributed by atoms with Crippen molar-refractivity contribution in [1.82, 2.24) is 0 Å². The number of nitro benzene ring substituents is 1. The Kier molecular flexibility index (Phi) is 4.63. The fourth-order valence-electron chi connectivity index (χ4n) is 1.36. The van der Waals surface area contributed by atoms with Crippen LogP contribution in [0.2, 0.25) is 0 Å². The maximum atomic E-state index is 11.4. The van der Waals surface area contributed by atoms with Gasteiger partial charge >= 0.3 is 0 Å². The third kappa shape index (κ3) is 3.55. The van der Waals surface area contributed by atoms with Crippen LogP contribution in [0.15, 0.2) is 18.2 Å². The first-order valence-corrected chi connectivity index (χ1v) is 5.48. The molecule has 0 fully saturated rings. The molecule has 1 aromatic carbocycles. The summed E-state index contributed by atoms with van der Waals surface area (Å²) in [6.45, 7) is 3.91. The molecule has 0 amide bonds. The second kappa shape index (κ2) is 5.98. The first-order valence-electron chi connectivity index (χ1n) is 5.48. The molecule has 0 heterocycles. The highest BCUT2D eigenvalue weighted by atomic mass is 16.6. The van der Waals surface area contributed by atoms with E-state index in [1.54, 1.807) is 0 Å². The van der Waals surface area contributed by atoms with Gasteiger partial charge in [-0.3, -0.25) is 14.9 Å². The predicted molar refractivity (Wildman–Crippen MR) is 63.5 cm³/mol. The zero-order valence-electron chi connectivity index (χ0n) is 9.93. The Labute approximate surface area is 99.5 Å². The molecule has 0 aliphatic carbocycles. The number of nitro groups is 1. The van der Waals surface area contributed by atoms with E-state index < -0.39 is 4.92 Å². The second-order valence-electron chi connectivity index (χ2n) is 3.70. The fourth-order valence-corrected chi connectivity index (χ4v) is 1.36. The molecular weight excluding hydrogens is 222 g/mol. The van der Waals surface area contributed by atoms with Crippen LogP contribution in [0.4, 0.5) is 5.69 Å². The fraction of sp³-hybridized carbons (Fsp3) is 0.417. The van der Waals surface area contributed by atoms with Crippen LogP contribution in [0.3, 0.4) is 0 Å². The standard InChI is InChI=1S/C12H15NO4/c1-3-4-7-17-12-6-5-10(13(15)16)8-11(12)9(2)14/h5-6,8H,3-4,7H2,1-2H3. The van der Waals surface area contributed by atoms with E-state index in [0.29, 0.717) is 12.4 Å². The lowest BCUT2D eigenvalue weighted by Crippen LogP contribution is -2.03. The van der Waals surface area contributed by atoms with E-state index in [0.717, 1.165) is 12.8 Å².